The summed E-state index contributed by atoms with van der Waals surface area (Å²) in [6.45, 7) is 2.63. The molecule has 2 unspecified atom stereocenters. The normalized spacial score (nSPS) is 17.6. The Morgan fingerprint density at radius 1 is 1.34 bits per heavy atom. The number of hydrogen-bond donors (Lipinski definition) is 2. The lowest BCUT2D eigenvalue weighted by Crippen LogP contribution is -2.26. The fourth-order valence-corrected chi connectivity index (χ4v) is 3.56. The molecule has 0 saturated heterocycles. The Hall–Kier alpha value is -2.97. The monoisotopic (exact) mass is 399 g/mol. The minimum absolute atomic E-state index is 0.0940. The molecule has 9 nitrogen and oxygen atoms in total. The molecule has 0 aromatic carbocycles. The van der Waals surface area contributed by atoms with Gasteiger partial charge in [-0.2, -0.15) is 15.0 Å². The zero-order valence-corrected chi connectivity index (χ0v) is 17.3. The Labute approximate surface area is 171 Å². The largest absolute Gasteiger partial charge is 0.467 e. The number of aromatic nitrogens is 4. The number of nitrogens with two attached hydrogens (primary N) is 1. The number of ketones is 1. The number of nitrogens with zero attached hydrogens (tertiary/aromatic N) is 5. The van der Waals surface area contributed by atoms with Crippen molar-refractivity contribution in [1.29, 1.82) is 0 Å². The first kappa shape index (κ1) is 20.8. The third-order valence-corrected chi connectivity index (χ3v) is 5.46. The zero-order valence-electron chi connectivity index (χ0n) is 17.3. The van der Waals surface area contributed by atoms with Crippen LogP contribution < -0.4 is 20.7 Å². The predicted octanol–water partition coefficient (Wildman–Crippen LogP) is 2.62. The highest BCUT2D eigenvalue weighted by Gasteiger charge is 2.22. The molecule has 0 bridgehead atoms. The van der Waals surface area contributed by atoms with Crippen molar-refractivity contribution >= 4 is 23.5 Å². The van der Waals surface area contributed by atoms with Crippen LogP contribution in [0, 0.1) is 5.92 Å². The number of ether oxygens (including phenoxy) is 1. The summed E-state index contributed by atoms with van der Waals surface area (Å²) >= 11 is 0. The van der Waals surface area contributed by atoms with Crippen LogP contribution in [0.3, 0.4) is 0 Å². The van der Waals surface area contributed by atoms with Crippen LogP contribution in [0.2, 0.25) is 0 Å². The quantitative estimate of drug-likeness (QED) is 0.690. The Bertz CT molecular complexity index is 845. The van der Waals surface area contributed by atoms with Crippen LogP contribution >= 0.6 is 0 Å². The first-order chi connectivity index (χ1) is 14.0. The Balaban J connectivity index is 1.71. The standard InChI is InChI=1S/C20H29N7O2/c1-13(15-8-6-11-22-17(15)21)27(2)19-24-18(25-20(26-19)29-3)23-12-10-14-7-4-5-9-16(14)28/h6,8,11,13-14H,4-5,7,9-10,12H2,1-3H3,(H2,21,22)(H,23,24,25,26). The molecule has 1 aliphatic rings. The van der Waals surface area contributed by atoms with Gasteiger partial charge in [-0.25, -0.2) is 4.98 Å². The molecule has 0 spiro atoms. The van der Waals surface area contributed by atoms with Gasteiger partial charge in [-0.05, 0) is 32.3 Å². The number of carbonyl (C=O) groups excluding carboxylic acids is 1. The molecule has 3 rings (SSSR count). The van der Waals surface area contributed by atoms with Crippen LogP contribution in [0.5, 0.6) is 6.01 Å². The third-order valence-electron chi connectivity index (χ3n) is 5.46. The lowest BCUT2D eigenvalue weighted by atomic mass is 9.86. The van der Waals surface area contributed by atoms with Gasteiger partial charge in [-0.15, -0.1) is 0 Å². The van der Waals surface area contributed by atoms with E-state index in [9.17, 15) is 4.79 Å². The van der Waals surface area contributed by atoms with Crippen LogP contribution in [-0.4, -0.2) is 46.4 Å². The maximum absolute atomic E-state index is 12.0. The number of hydrogen-bond acceptors (Lipinski definition) is 9. The summed E-state index contributed by atoms with van der Waals surface area (Å²) in [7, 11) is 3.41. The number of carbonyl (C=O) groups is 1. The second kappa shape index (κ2) is 9.49. The van der Waals surface area contributed by atoms with Crippen LogP contribution in [0.1, 0.15) is 50.6 Å². The SMILES string of the molecule is COc1nc(NCCC2CCCCC2=O)nc(N(C)C(C)c2cccnc2N)n1. The first-order valence-corrected chi connectivity index (χ1v) is 9.99. The molecule has 2 aromatic rings. The third kappa shape index (κ3) is 5.10. The summed E-state index contributed by atoms with van der Waals surface area (Å²) in [6, 6.07) is 3.92. The van der Waals surface area contributed by atoms with Gasteiger partial charge in [0.05, 0.1) is 13.2 Å². The van der Waals surface area contributed by atoms with Gasteiger partial charge < -0.3 is 20.7 Å². The van der Waals surface area contributed by atoms with Gasteiger partial charge in [0.1, 0.15) is 11.6 Å². The molecule has 156 valence electrons. The highest BCUT2D eigenvalue weighted by molar-refractivity contribution is 5.81. The molecule has 29 heavy (non-hydrogen) atoms. The van der Waals surface area contributed by atoms with Crippen LogP contribution in [0.15, 0.2) is 18.3 Å². The number of anilines is 3. The van der Waals surface area contributed by atoms with Crippen molar-refractivity contribution in [3.63, 3.8) is 0 Å². The number of methoxy groups -OCH3 is 1. The molecule has 1 fully saturated rings. The Kier molecular flexibility index (Phi) is 6.79. The Morgan fingerprint density at radius 2 is 2.17 bits per heavy atom. The number of Topliss-reactive ketones (excluding diaryl/α,β-unsaturated/α-hetero) is 1. The molecule has 0 radical (unpaired) electrons. The second-order valence-corrected chi connectivity index (χ2v) is 7.33. The average molecular weight is 399 g/mol. The molecular formula is C20H29N7O2. The smallest absolute Gasteiger partial charge is 0.322 e. The van der Waals surface area contributed by atoms with Crippen molar-refractivity contribution in [2.24, 2.45) is 5.92 Å². The number of rotatable bonds is 8. The van der Waals surface area contributed by atoms with Gasteiger partial charge in [0.25, 0.3) is 0 Å². The molecule has 3 N–H and O–H groups in total. The highest BCUT2D eigenvalue weighted by Crippen LogP contribution is 2.27. The van der Waals surface area contributed by atoms with Gasteiger partial charge in [-0.3, -0.25) is 4.79 Å². The average Bonchev–Trinajstić information content (AvgIpc) is 2.74. The van der Waals surface area contributed by atoms with E-state index in [0.29, 0.717) is 36.5 Å². The van der Waals surface area contributed by atoms with Crippen molar-refractivity contribution in [2.75, 3.05) is 36.7 Å². The molecule has 2 heterocycles. The zero-order chi connectivity index (χ0) is 20.8. The summed E-state index contributed by atoms with van der Waals surface area (Å²) in [5.41, 5.74) is 6.90. The van der Waals surface area contributed by atoms with E-state index in [4.69, 9.17) is 10.5 Å². The van der Waals surface area contributed by atoms with E-state index in [-0.39, 0.29) is 18.0 Å². The minimum atomic E-state index is -0.0940. The maximum atomic E-state index is 12.0. The maximum Gasteiger partial charge on any atom is 0.322 e. The van der Waals surface area contributed by atoms with E-state index in [1.165, 1.54) is 7.11 Å². The van der Waals surface area contributed by atoms with E-state index in [1.807, 2.05) is 31.0 Å². The number of pyridine rings is 1. The molecule has 1 aliphatic carbocycles. The van der Waals surface area contributed by atoms with Crippen molar-refractivity contribution in [2.45, 2.75) is 45.1 Å². The van der Waals surface area contributed by atoms with Crippen molar-refractivity contribution in [1.82, 2.24) is 19.9 Å². The molecular weight excluding hydrogens is 370 g/mol. The van der Waals surface area contributed by atoms with Crippen molar-refractivity contribution in [3.8, 4) is 6.01 Å². The summed E-state index contributed by atoms with van der Waals surface area (Å²) in [5, 5.41) is 3.21. The molecule has 9 heteroatoms. The lowest BCUT2D eigenvalue weighted by Gasteiger charge is -2.26. The van der Waals surface area contributed by atoms with Crippen molar-refractivity contribution in [3.05, 3.63) is 23.9 Å². The van der Waals surface area contributed by atoms with Gasteiger partial charge in [-0.1, -0.05) is 12.5 Å². The van der Waals surface area contributed by atoms with Crippen LogP contribution in [-0.2, 0) is 4.79 Å². The van der Waals surface area contributed by atoms with Gasteiger partial charge in [0.2, 0.25) is 11.9 Å². The van der Waals surface area contributed by atoms with Crippen molar-refractivity contribution < 1.29 is 9.53 Å². The van der Waals surface area contributed by atoms with Gasteiger partial charge in [0.15, 0.2) is 0 Å². The first-order valence-electron chi connectivity index (χ1n) is 9.99. The van der Waals surface area contributed by atoms with E-state index in [1.54, 1.807) is 6.20 Å². The van der Waals surface area contributed by atoms with E-state index < -0.39 is 0 Å². The summed E-state index contributed by atoms with van der Waals surface area (Å²) in [4.78, 5) is 31.2. The summed E-state index contributed by atoms with van der Waals surface area (Å²) in [5.74, 6) is 1.87. The molecule has 1 saturated carbocycles. The lowest BCUT2D eigenvalue weighted by molar-refractivity contribution is -0.124. The molecule has 0 aliphatic heterocycles. The fraction of sp³-hybridized carbons (Fsp3) is 0.550. The molecule has 2 aromatic heterocycles. The fourth-order valence-electron chi connectivity index (χ4n) is 3.56. The molecule has 2 atom stereocenters. The molecule has 0 amide bonds. The van der Waals surface area contributed by atoms with Gasteiger partial charge >= 0.3 is 6.01 Å². The van der Waals surface area contributed by atoms with E-state index in [2.05, 4.69) is 25.3 Å². The van der Waals surface area contributed by atoms with E-state index in [0.717, 1.165) is 31.2 Å². The highest BCUT2D eigenvalue weighted by atomic mass is 16.5. The van der Waals surface area contributed by atoms with Crippen LogP contribution in [0.25, 0.3) is 0 Å². The summed E-state index contributed by atoms with van der Waals surface area (Å²) < 4.78 is 5.25. The number of nitrogen functional groups attached to an aromatic ring is 1. The topological polar surface area (TPSA) is 119 Å². The van der Waals surface area contributed by atoms with E-state index >= 15 is 0 Å². The summed E-state index contributed by atoms with van der Waals surface area (Å²) in [6.07, 6.45) is 6.26. The number of nitrogens with one attached hydrogen (secondary N) is 1. The Morgan fingerprint density at radius 3 is 2.90 bits per heavy atom. The minimum Gasteiger partial charge on any atom is -0.467 e. The second-order valence-electron chi connectivity index (χ2n) is 7.33. The van der Waals surface area contributed by atoms with Gasteiger partial charge in [0, 0.05) is 37.7 Å². The van der Waals surface area contributed by atoms with Crippen LogP contribution in [0.4, 0.5) is 17.7 Å². The predicted molar refractivity (Wildman–Crippen MR) is 112 cm³/mol.